The lowest BCUT2D eigenvalue weighted by atomic mass is 9.76. The van der Waals surface area contributed by atoms with Crippen molar-refractivity contribution in [3.63, 3.8) is 0 Å². The Morgan fingerprint density at radius 3 is 1.90 bits per heavy atom. The Bertz CT molecular complexity index is 1510. The van der Waals surface area contributed by atoms with Crippen molar-refractivity contribution >= 4 is 53.1 Å². The van der Waals surface area contributed by atoms with Crippen molar-refractivity contribution in [2.75, 3.05) is 0 Å². The Morgan fingerprint density at radius 1 is 0.655 bits per heavy atom. The van der Waals surface area contributed by atoms with Gasteiger partial charge in [0.15, 0.2) is 0 Å². The summed E-state index contributed by atoms with van der Waals surface area (Å²) in [5.41, 5.74) is -1.28. The zero-order chi connectivity index (χ0) is 20.7. The van der Waals surface area contributed by atoms with E-state index in [0.717, 1.165) is 26.2 Å². The van der Waals surface area contributed by atoms with Crippen LogP contribution in [-0.4, -0.2) is 4.57 Å². The Hall–Kier alpha value is -2.72. The molecule has 0 N–H and O–H groups in total. The summed E-state index contributed by atoms with van der Waals surface area (Å²) >= 11 is 1.70. The molecule has 0 aliphatic rings. The third kappa shape index (κ3) is 2.29. The van der Waals surface area contributed by atoms with Crippen molar-refractivity contribution in [3.8, 4) is 0 Å². The van der Waals surface area contributed by atoms with Gasteiger partial charge in [0.1, 0.15) is 0 Å². The fourth-order valence-electron chi connectivity index (χ4n) is 4.20. The molecule has 146 valence electrons. The van der Waals surface area contributed by atoms with Crippen LogP contribution in [0.4, 0.5) is 0 Å². The smallest absolute Gasteiger partial charge is 0.261 e. The molecule has 3 nitrogen and oxygen atoms in total. The van der Waals surface area contributed by atoms with Crippen LogP contribution in [0.25, 0.3) is 41.7 Å². The molecule has 3 aromatic carbocycles. The van der Waals surface area contributed by atoms with Crippen LogP contribution in [0, 0.1) is 5.41 Å². The molecule has 29 heavy (non-hydrogen) atoms. The van der Waals surface area contributed by atoms with Gasteiger partial charge in [0.25, 0.3) is 11.1 Å². The van der Waals surface area contributed by atoms with Gasteiger partial charge in [-0.05, 0) is 54.3 Å². The van der Waals surface area contributed by atoms with Gasteiger partial charge in [-0.2, -0.15) is 0 Å². The molecule has 0 unspecified atom stereocenters. The minimum Gasteiger partial charge on any atom is -0.269 e. The number of pyridine rings is 1. The summed E-state index contributed by atoms with van der Waals surface area (Å²) < 4.78 is 3.77. The molecule has 0 radical (unpaired) electrons. The molecule has 0 atom stereocenters. The SMILES string of the molecule is CC(C)(C)C(C)(C)n1c(=O)c2ccc3sc4ccccc4c4ccc(c1=O)c2c34. The van der Waals surface area contributed by atoms with Crippen LogP contribution in [0.3, 0.4) is 0 Å². The maximum atomic E-state index is 13.6. The van der Waals surface area contributed by atoms with Crippen LogP contribution < -0.4 is 11.1 Å². The van der Waals surface area contributed by atoms with E-state index >= 15 is 0 Å². The molecule has 0 saturated heterocycles. The van der Waals surface area contributed by atoms with Crippen molar-refractivity contribution in [2.45, 2.75) is 40.2 Å². The highest BCUT2D eigenvalue weighted by atomic mass is 32.1. The predicted octanol–water partition coefficient (Wildman–Crippen LogP) is 6.10. The molecule has 5 aromatic rings. The normalized spacial score (nSPS) is 13.3. The summed E-state index contributed by atoms with van der Waals surface area (Å²) in [4.78, 5) is 27.2. The van der Waals surface area contributed by atoms with E-state index in [1.165, 1.54) is 9.27 Å². The molecule has 5 rings (SSSR count). The molecular formula is C25H23NO2S. The minimum absolute atomic E-state index is 0.199. The first-order chi connectivity index (χ1) is 13.6. The average molecular weight is 402 g/mol. The summed E-state index contributed by atoms with van der Waals surface area (Å²) in [6.07, 6.45) is 0. The third-order valence-electron chi connectivity index (χ3n) is 6.78. The number of benzene rings is 3. The highest BCUT2D eigenvalue weighted by Gasteiger charge is 2.37. The molecule has 0 bridgehead atoms. The van der Waals surface area contributed by atoms with E-state index in [9.17, 15) is 9.59 Å². The summed E-state index contributed by atoms with van der Waals surface area (Å²) in [7, 11) is 0. The molecule has 0 saturated carbocycles. The average Bonchev–Trinajstić information content (AvgIpc) is 2.66. The van der Waals surface area contributed by atoms with Crippen LogP contribution in [0.15, 0.2) is 58.1 Å². The summed E-state index contributed by atoms with van der Waals surface area (Å²) in [6.45, 7) is 10.1. The molecule has 0 aliphatic carbocycles. The Balaban J connectivity index is 2.06. The number of nitrogens with zero attached hydrogens (tertiary/aromatic N) is 1. The summed E-state index contributed by atoms with van der Waals surface area (Å²) in [5, 5.41) is 5.33. The van der Waals surface area contributed by atoms with Crippen LogP contribution in [0.2, 0.25) is 0 Å². The van der Waals surface area contributed by atoms with E-state index < -0.39 is 5.54 Å². The number of aromatic nitrogens is 1. The van der Waals surface area contributed by atoms with Crippen LogP contribution in [0.5, 0.6) is 0 Å². The van der Waals surface area contributed by atoms with Crippen molar-refractivity contribution < 1.29 is 0 Å². The van der Waals surface area contributed by atoms with Gasteiger partial charge in [0, 0.05) is 30.9 Å². The largest absolute Gasteiger partial charge is 0.269 e. The number of fused-ring (bicyclic) bond motifs is 2. The van der Waals surface area contributed by atoms with E-state index in [1.54, 1.807) is 11.3 Å². The Labute approximate surface area is 172 Å². The lowest BCUT2D eigenvalue weighted by Crippen LogP contribution is -2.51. The van der Waals surface area contributed by atoms with E-state index in [0.29, 0.717) is 10.8 Å². The number of rotatable bonds is 1. The van der Waals surface area contributed by atoms with E-state index in [4.69, 9.17) is 0 Å². The van der Waals surface area contributed by atoms with Gasteiger partial charge in [0.05, 0.1) is 5.54 Å². The first-order valence-electron chi connectivity index (χ1n) is 9.89. The van der Waals surface area contributed by atoms with Gasteiger partial charge in [-0.1, -0.05) is 45.0 Å². The van der Waals surface area contributed by atoms with E-state index in [-0.39, 0.29) is 16.5 Å². The lowest BCUT2D eigenvalue weighted by molar-refractivity contribution is 0.132. The van der Waals surface area contributed by atoms with Gasteiger partial charge >= 0.3 is 0 Å². The molecule has 0 fully saturated rings. The van der Waals surface area contributed by atoms with Crippen LogP contribution >= 0.6 is 11.3 Å². The highest BCUT2D eigenvalue weighted by molar-refractivity contribution is 7.25. The standard InChI is InChI=1S/C25H23NO2S/c1-24(2,3)25(4,5)26-22(27)16-11-10-15-14-8-6-7-9-18(14)29-19-13-12-17(23(26)28)20(16)21(15)19/h6-13H,1-5H3. The van der Waals surface area contributed by atoms with Crippen molar-refractivity contribution in [1.82, 2.24) is 4.57 Å². The molecule has 2 heterocycles. The van der Waals surface area contributed by atoms with Crippen LogP contribution in [-0.2, 0) is 5.54 Å². The molecular weight excluding hydrogens is 378 g/mol. The van der Waals surface area contributed by atoms with Gasteiger partial charge < -0.3 is 0 Å². The molecule has 0 spiro atoms. The third-order valence-corrected chi connectivity index (χ3v) is 7.92. The molecule has 0 aliphatic heterocycles. The molecule has 0 amide bonds. The monoisotopic (exact) mass is 401 g/mol. The lowest BCUT2D eigenvalue weighted by Gasteiger charge is -2.40. The summed E-state index contributed by atoms with van der Waals surface area (Å²) in [5.74, 6) is 0. The summed E-state index contributed by atoms with van der Waals surface area (Å²) in [6, 6.07) is 16.2. The molecule has 2 aromatic heterocycles. The second-order valence-corrected chi connectivity index (χ2v) is 10.5. The van der Waals surface area contributed by atoms with Crippen molar-refractivity contribution in [1.29, 1.82) is 0 Å². The van der Waals surface area contributed by atoms with Gasteiger partial charge in [-0.15, -0.1) is 11.3 Å². The van der Waals surface area contributed by atoms with Gasteiger partial charge in [0.2, 0.25) is 0 Å². The second-order valence-electron chi connectivity index (χ2n) is 9.37. The minimum atomic E-state index is -0.624. The van der Waals surface area contributed by atoms with Gasteiger partial charge in [-0.25, -0.2) is 0 Å². The topological polar surface area (TPSA) is 39.1 Å². The first kappa shape index (κ1) is 18.3. The zero-order valence-corrected chi connectivity index (χ0v) is 18.1. The van der Waals surface area contributed by atoms with Crippen molar-refractivity contribution in [2.24, 2.45) is 5.41 Å². The van der Waals surface area contributed by atoms with Crippen LogP contribution in [0.1, 0.15) is 34.6 Å². The Kier molecular flexibility index (Phi) is 3.58. The zero-order valence-electron chi connectivity index (χ0n) is 17.3. The quantitative estimate of drug-likeness (QED) is 0.251. The molecule has 4 heteroatoms. The van der Waals surface area contributed by atoms with Gasteiger partial charge in [-0.3, -0.25) is 14.2 Å². The number of hydrogen-bond donors (Lipinski definition) is 0. The predicted molar refractivity (Wildman–Crippen MR) is 125 cm³/mol. The maximum absolute atomic E-state index is 13.6. The first-order valence-corrected chi connectivity index (χ1v) is 10.7. The fraction of sp³-hybridized carbons (Fsp3) is 0.280. The Morgan fingerprint density at radius 2 is 1.24 bits per heavy atom. The van der Waals surface area contributed by atoms with E-state index in [1.807, 2.05) is 50.2 Å². The number of hydrogen-bond acceptors (Lipinski definition) is 3. The van der Waals surface area contributed by atoms with Crippen molar-refractivity contribution in [3.05, 3.63) is 69.2 Å². The fourth-order valence-corrected chi connectivity index (χ4v) is 5.32. The second kappa shape index (κ2) is 5.67. The highest BCUT2D eigenvalue weighted by Crippen LogP contribution is 2.40. The maximum Gasteiger partial charge on any atom is 0.261 e. The van der Waals surface area contributed by atoms with E-state index in [2.05, 4.69) is 32.9 Å².